The molecule has 2 aromatic carbocycles. The number of furan rings is 1. The van der Waals surface area contributed by atoms with Crippen molar-refractivity contribution in [1.82, 2.24) is 4.98 Å². The van der Waals surface area contributed by atoms with E-state index in [1.165, 1.54) is 26.2 Å². The molecule has 1 N–H and O–H groups in total. The summed E-state index contributed by atoms with van der Waals surface area (Å²) in [5.41, 5.74) is 0.412. The molecule has 0 bridgehead atoms. The Bertz CT molecular complexity index is 1200. The van der Waals surface area contributed by atoms with Gasteiger partial charge in [0, 0.05) is 16.8 Å². The van der Waals surface area contributed by atoms with Crippen LogP contribution in [0.15, 0.2) is 46.9 Å². The lowest BCUT2D eigenvalue weighted by molar-refractivity contribution is 0.0697. The molecule has 2 aromatic heterocycles. The van der Waals surface area contributed by atoms with Crippen LogP contribution >= 0.6 is 0 Å². The quantitative estimate of drug-likeness (QED) is 0.551. The van der Waals surface area contributed by atoms with Crippen LogP contribution in [0.4, 0.5) is 4.39 Å². The molecule has 0 aliphatic heterocycles. The lowest BCUT2D eigenvalue weighted by atomic mass is 10.1. The Labute approximate surface area is 152 Å². The Kier molecular flexibility index (Phi) is 3.92. The standard InChI is InChI=1S/C20H14FNO5/c1-10-17(20(23)24)12-7-8-14(18(21)19(12)26-10)27-15-9-16(25-2)22-13-6-4-3-5-11(13)15/h3-9H,1-2H3,(H,23,24). The van der Waals surface area contributed by atoms with Crippen LogP contribution < -0.4 is 9.47 Å². The summed E-state index contributed by atoms with van der Waals surface area (Å²) in [7, 11) is 1.48. The minimum Gasteiger partial charge on any atom is -0.481 e. The summed E-state index contributed by atoms with van der Waals surface area (Å²) in [6.07, 6.45) is 0. The number of aryl methyl sites for hydroxylation is 1. The minimum atomic E-state index is -1.18. The molecule has 0 unspecified atom stereocenters. The highest BCUT2D eigenvalue weighted by molar-refractivity contribution is 6.04. The minimum absolute atomic E-state index is 0.0634. The van der Waals surface area contributed by atoms with Crippen LogP contribution in [-0.2, 0) is 0 Å². The second kappa shape index (κ2) is 6.28. The van der Waals surface area contributed by atoms with Gasteiger partial charge < -0.3 is 19.0 Å². The Morgan fingerprint density at radius 2 is 1.93 bits per heavy atom. The maximum absolute atomic E-state index is 14.9. The van der Waals surface area contributed by atoms with Crippen molar-refractivity contribution in [1.29, 1.82) is 0 Å². The SMILES string of the molecule is COc1cc(Oc2ccc3c(C(=O)O)c(C)oc3c2F)c2ccccc2n1. The molecule has 7 heteroatoms. The first kappa shape index (κ1) is 16.8. The number of aromatic carboxylic acids is 1. The number of hydrogen-bond donors (Lipinski definition) is 1. The number of nitrogens with zero attached hydrogens (tertiary/aromatic N) is 1. The molecule has 0 radical (unpaired) electrons. The van der Waals surface area contributed by atoms with Crippen molar-refractivity contribution >= 4 is 27.8 Å². The van der Waals surface area contributed by atoms with Gasteiger partial charge >= 0.3 is 5.97 Å². The lowest BCUT2D eigenvalue weighted by Crippen LogP contribution is -1.97. The monoisotopic (exact) mass is 367 g/mol. The molecule has 4 aromatic rings. The third-order valence-corrected chi connectivity index (χ3v) is 4.24. The van der Waals surface area contributed by atoms with Crippen molar-refractivity contribution in [3.05, 3.63) is 59.6 Å². The first-order valence-corrected chi connectivity index (χ1v) is 8.06. The van der Waals surface area contributed by atoms with E-state index in [-0.39, 0.29) is 28.0 Å². The number of carboxylic acid groups (broad SMARTS) is 1. The maximum Gasteiger partial charge on any atom is 0.339 e. The van der Waals surface area contributed by atoms with Crippen molar-refractivity contribution in [2.45, 2.75) is 6.92 Å². The van der Waals surface area contributed by atoms with E-state index < -0.39 is 11.8 Å². The molecule has 6 nitrogen and oxygen atoms in total. The van der Waals surface area contributed by atoms with E-state index in [1.54, 1.807) is 18.2 Å². The van der Waals surface area contributed by atoms with E-state index in [0.29, 0.717) is 22.5 Å². The Morgan fingerprint density at radius 3 is 2.67 bits per heavy atom. The van der Waals surface area contributed by atoms with Gasteiger partial charge in [0.2, 0.25) is 11.7 Å². The van der Waals surface area contributed by atoms with Crippen LogP contribution in [0.5, 0.6) is 17.4 Å². The van der Waals surface area contributed by atoms with Crippen molar-refractivity contribution in [2.24, 2.45) is 0 Å². The molecule has 4 rings (SSSR count). The molecule has 136 valence electrons. The molecular formula is C20H14FNO5. The highest BCUT2D eigenvalue weighted by atomic mass is 19.1. The highest BCUT2D eigenvalue weighted by Crippen LogP contribution is 2.37. The van der Waals surface area contributed by atoms with Crippen LogP contribution in [0, 0.1) is 12.7 Å². The molecule has 0 spiro atoms. The van der Waals surface area contributed by atoms with E-state index in [4.69, 9.17) is 13.9 Å². The van der Waals surface area contributed by atoms with Crippen LogP contribution in [0.2, 0.25) is 0 Å². The summed E-state index contributed by atoms with van der Waals surface area (Å²) >= 11 is 0. The average Bonchev–Trinajstić information content (AvgIpc) is 3.00. The maximum atomic E-state index is 14.9. The largest absolute Gasteiger partial charge is 0.481 e. The van der Waals surface area contributed by atoms with Crippen molar-refractivity contribution in [3.8, 4) is 17.4 Å². The Balaban J connectivity index is 1.86. The molecule has 2 heterocycles. The van der Waals surface area contributed by atoms with E-state index in [2.05, 4.69) is 4.98 Å². The molecule has 0 saturated carbocycles. The molecule has 0 aliphatic carbocycles. The number of hydrogen-bond acceptors (Lipinski definition) is 5. The van der Waals surface area contributed by atoms with Crippen molar-refractivity contribution in [3.63, 3.8) is 0 Å². The third kappa shape index (κ3) is 2.73. The predicted molar refractivity (Wildman–Crippen MR) is 96.2 cm³/mol. The Morgan fingerprint density at radius 1 is 1.15 bits per heavy atom. The Hall–Kier alpha value is -3.61. The van der Waals surface area contributed by atoms with Crippen LogP contribution in [0.1, 0.15) is 16.1 Å². The van der Waals surface area contributed by atoms with Gasteiger partial charge in [-0.1, -0.05) is 12.1 Å². The number of halogens is 1. The fourth-order valence-corrected chi connectivity index (χ4v) is 3.00. The van der Waals surface area contributed by atoms with Crippen LogP contribution in [0.3, 0.4) is 0 Å². The molecule has 0 fully saturated rings. The number of methoxy groups -OCH3 is 1. The summed E-state index contributed by atoms with van der Waals surface area (Å²) in [5, 5.41) is 10.2. The molecule has 0 atom stereocenters. The van der Waals surface area contributed by atoms with Gasteiger partial charge in [0.1, 0.15) is 17.1 Å². The van der Waals surface area contributed by atoms with Gasteiger partial charge in [0.05, 0.1) is 12.6 Å². The molecule has 0 aliphatic rings. The second-order valence-corrected chi connectivity index (χ2v) is 5.87. The van der Waals surface area contributed by atoms with E-state index in [0.717, 1.165) is 0 Å². The second-order valence-electron chi connectivity index (χ2n) is 5.87. The number of carboxylic acids is 1. The number of carbonyl (C=O) groups is 1. The van der Waals surface area contributed by atoms with E-state index >= 15 is 0 Å². The van der Waals surface area contributed by atoms with E-state index in [1.807, 2.05) is 12.1 Å². The fourth-order valence-electron chi connectivity index (χ4n) is 3.00. The zero-order valence-electron chi connectivity index (χ0n) is 14.4. The summed E-state index contributed by atoms with van der Waals surface area (Å²) < 4.78 is 31.2. The third-order valence-electron chi connectivity index (χ3n) is 4.24. The molecule has 27 heavy (non-hydrogen) atoms. The number of aromatic nitrogens is 1. The van der Waals surface area contributed by atoms with Gasteiger partial charge in [-0.3, -0.25) is 0 Å². The number of para-hydroxylation sites is 1. The molecular weight excluding hydrogens is 353 g/mol. The number of benzene rings is 2. The van der Waals surface area contributed by atoms with Gasteiger partial charge in [-0.15, -0.1) is 0 Å². The van der Waals surface area contributed by atoms with Crippen LogP contribution in [-0.4, -0.2) is 23.2 Å². The van der Waals surface area contributed by atoms with Gasteiger partial charge in [0.15, 0.2) is 11.3 Å². The molecule has 0 amide bonds. The summed E-state index contributed by atoms with van der Waals surface area (Å²) in [4.78, 5) is 15.7. The fraction of sp³-hybridized carbons (Fsp3) is 0.100. The number of fused-ring (bicyclic) bond motifs is 2. The van der Waals surface area contributed by atoms with Crippen molar-refractivity contribution in [2.75, 3.05) is 7.11 Å². The average molecular weight is 367 g/mol. The number of ether oxygens (including phenoxy) is 2. The predicted octanol–water partition coefficient (Wildman–Crippen LogP) is 4.93. The van der Waals surface area contributed by atoms with Gasteiger partial charge in [0.25, 0.3) is 0 Å². The molecule has 0 saturated heterocycles. The summed E-state index contributed by atoms with van der Waals surface area (Å²) in [5.74, 6) is -1.23. The summed E-state index contributed by atoms with van der Waals surface area (Å²) in [6, 6.07) is 11.6. The topological polar surface area (TPSA) is 81.8 Å². The first-order valence-electron chi connectivity index (χ1n) is 8.06. The first-order chi connectivity index (χ1) is 13.0. The zero-order chi connectivity index (χ0) is 19.1. The normalized spacial score (nSPS) is 11.1. The van der Waals surface area contributed by atoms with Gasteiger partial charge in [-0.25, -0.2) is 9.78 Å². The number of rotatable bonds is 4. The zero-order valence-corrected chi connectivity index (χ0v) is 14.4. The van der Waals surface area contributed by atoms with Gasteiger partial charge in [-0.05, 0) is 31.2 Å². The smallest absolute Gasteiger partial charge is 0.339 e. The lowest BCUT2D eigenvalue weighted by Gasteiger charge is -2.11. The van der Waals surface area contributed by atoms with Crippen molar-refractivity contribution < 1.29 is 28.2 Å². The highest BCUT2D eigenvalue weighted by Gasteiger charge is 2.22. The van der Waals surface area contributed by atoms with Gasteiger partial charge in [-0.2, -0.15) is 4.39 Å². The van der Waals surface area contributed by atoms with Crippen LogP contribution in [0.25, 0.3) is 21.9 Å². The van der Waals surface area contributed by atoms with E-state index in [9.17, 15) is 14.3 Å². The summed E-state index contributed by atoms with van der Waals surface area (Å²) in [6.45, 7) is 1.48. The number of pyridine rings is 1.